The first-order valence-corrected chi connectivity index (χ1v) is 5.89. The number of hydrogen-bond donors (Lipinski definition) is 1. The van der Waals surface area contributed by atoms with E-state index in [0.717, 1.165) is 19.2 Å². The molecule has 0 unspecified atom stereocenters. The van der Waals surface area contributed by atoms with Crippen LogP contribution in [0.15, 0.2) is 24.3 Å². The lowest BCUT2D eigenvalue weighted by Gasteiger charge is -2.24. The molecule has 1 aliphatic carbocycles. The van der Waals surface area contributed by atoms with Crippen molar-refractivity contribution >= 4 is 5.69 Å². The Morgan fingerprint density at radius 1 is 1.31 bits per heavy atom. The summed E-state index contributed by atoms with van der Waals surface area (Å²) >= 11 is 0. The van der Waals surface area contributed by atoms with Crippen molar-refractivity contribution in [2.75, 3.05) is 25.2 Å². The molecule has 0 spiro atoms. The minimum Gasteiger partial charge on any atom is -0.383 e. The summed E-state index contributed by atoms with van der Waals surface area (Å²) < 4.78 is 5.15. The quantitative estimate of drug-likeness (QED) is 0.794. The third kappa shape index (κ3) is 2.74. The highest BCUT2D eigenvalue weighted by Gasteiger charge is 2.28. The van der Waals surface area contributed by atoms with E-state index in [1.807, 2.05) is 0 Å². The Hall–Kier alpha value is -1.06. The normalized spacial score (nSPS) is 15.1. The highest BCUT2D eigenvalue weighted by Crippen LogP contribution is 2.31. The first kappa shape index (κ1) is 11.4. The fraction of sp³-hybridized carbons (Fsp3) is 0.538. The number of ether oxygens (including phenoxy) is 1. The Bertz CT molecular complexity index is 319. The summed E-state index contributed by atoms with van der Waals surface area (Å²) in [6.07, 6.45) is 2.62. The zero-order chi connectivity index (χ0) is 11.4. The third-order valence-corrected chi connectivity index (χ3v) is 3.03. The van der Waals surface area contributed by atoms with Crippen LogP contribution in [0.4, 0.5) is 5.69 Å². The summed E-state index contributed by atoms with van der Waals surface area (Å²) in [6.45, 7) is 2.38. The van der Waals surface area contributed by atoms with Crippen LogP contribution in [0.5, 0.6) is 0 Å². The van der Waals surface area contributed by atoms with Crippen LogP contribution >= 0.6 is 0 Å². The first-order valence-electron chi connectivity index (χ1n) is 5.89. The first-order chi connectivity index (χ1) is 7.85. The van der Waals surface area contributed by atoms with E-state index in [2.05, 4.69) is 29.2 Å². The molecule has 0 saturated heterocycles. The lowest BCUT2D eigenvalue weighted by atomic mass is 10.2. The topological polar surface area (TPSA) is 38.5 Å². The van der Waals surface area contributed by atoms with Crippen molar-refractivity contribution in [2.45, 2.75) is 25.4 Å². The van der Waals surface area contributed by atoms with Gasteiger partial charge in [0.1, 0.15) is 0 Å². The van der Waals surface area contributed by atoms with Gasteiger partial charge < -0.3 is 15.4 Å². The van der Waals surface area contributed by atoms with Crippen LogP contribution < -0.4 is 10.6 Å². The Kier molecular flexibility index (Phi) is 3.80. The van der Waals surface area contributed by atoms with Crippen LogP contribution in [0.2, 0.25) is 0 Å². The second-order valence-electron chi connectivity index (χ2n) is 4.29. The van der Waals surface area contributed by atoms with Crippen LogP contribution in [0.25, 0.3) is 0 Å². The fourth-order valence-electron chi connectivity index (χ4n) is 1.92. The van der Waals surface area contributed by atoms with Crippen molar-refractivity contribution in [3.05, 3.63) is 29.8 Å². The van der Waals surface area contributed by atoms with E-state index in [9.17, 15) is 0 Å². The zero-order valence-corrected chi connectivity index (χ0v) is 9.86. The van der Waals surface area contributed by atoms with Gasteiger partial charge in [-0.05, 0) is 30.5 Å². The second kappa shape index (κ2) is 5.32. The van der Waals surface area contributed by atoms with E-state index in [1.54, 1.807) is 7.11 Å². The van der Waals surface area contributed by atoms with E-state index in [-0.39, 0.29) is 0 Å². The number of rotatable bonds is 6. The van der Waals surface area contributed by atoms with Crippen molar-refractivity contribution in [1.82, 2.24) is 0 Å². The average Bonchev–Trinajstić information content (AvgIpc) is 3.15. The molecule has 3 heteroatoms. The van der Waals surface area contributed by atoms with E-state index in [4.69, 9.17) is 10.5 Å². The molecule has 0 bridgehead atoms. The predicted octanol–water partition coefficient (Wildman–Crippen LogP) is 1.76. The van der Waals surface area contributed by atoms with E-state index < -0.39 is 0 Å². The molecule has 0 heterocycles. The van der Waals surface area contributed by atoms with Crippen LogP contribution in [0.3, 0.4) is 0 Å². The van der Waals surface area contributed by atoms with Gasteiger partial charge in [-0.2, -0.15) is 0 Å². The molecular weight excluding hydrogens is 200 g/mol. The lowest BCUT2D eigenvalue weighted by molar-refractivity contribution is 0.205. The van der Waals surface area contributed by atoms with Crippen LogP contribution in [-0.4, -0.2) is 26.3 Å². The van der Waals surface area contributed by atoms with Gasteiger partial charge in [0.2, 0.25) is 0 Å². The average molecular weight is 220 g/mol. The minimum atomic E-state index is 0.613. The van der Waals surface area contributed by atoms with E-state index in [0.29, 0.717) is 6.54 Å². The second-order valence-corrected chi connectivity index (χ2v) is 4.29. The number of hydrogen-bond acceptors (Lipinski definition) is 3. The Morgan fingerprint density at radius 2 is 2.00 bits per heavy atom. The monoisotopic (exact) mass is 220 g/mol. The van der Waals surface area contributed by atoms with Crippen LogP contribution in [0.1, 0.15) is 18.4 Å². The molecule has 2 rings (SSSR count). The Morgan fingerprint density at radius 3 is 2.50 bits per heavy atom. The molecule has 1 saturated carbocycles. The molecule has 1 aromatic rings. The Balaban J connectivity index is 2.05. The summed E-state index contributed by atoms with van der Waals surface area (Å²) in [7, 11) is 1.75. The van der Waals surface area contributed by atoms with Gasteiger partial charge in [-0.1, -0.05) is 12.1 Å². The third-order valence-electron chi connectivity index (χ3n) is 3.03. The molecule has 0 atom stereocenters. The van der Waals surface area contributed by atoms with Crippen molar-refractivity contribution in [1.29, 1.82) is 0 Å². The van der Waals surface area contributed by atoms with Gasteiger partial charge in [0.15, 0.2) is 0 Å². The molecule has 0 aromatic heterocycles. The fourth-order valence-corrected chi connectivity index (χ4v) is 1.92. The molecule has 0 amide bonds. The van der Waals surface area contributed by atoms with Gasteiger partial charge in [0.25, 0.3) is 0 Å². The standard InChI is InChI=1S/C13H20N2O/c1-16-9-8-15(13-6-7-13)12-4-2-11(10-14)3-5-12/h2-5,13H,6-10,14H2,1H3. The van der Waals surface area contributed by atoms with E-state index >= 15 is 0 Å². The molecule has 1 aliphatic rings. The largest absolute Gasteiger partial charge is 0.383 e. The van der Waals surface area contributed by atoms with Gasteiger partial charge in [-0.15, -0.1) is 0 Å². The SMILES string of the molecule is COCCN(c1ccc(CN)cc1)C1CC1. The van der Waals surface area contributed by atoms with Crippen molar-refractivity contribution in [3.8, 4) is 0 Å². The molecule has 88 valence electrons. The van der Waals surface area contributed by atoms with Crippen LogP contribution in [-0.2, 0) is 11.3 Å². The van der Waals surface area contributed by atoms with Gasteiger partial charge in [-0.25, -0.2) is 0 Å². The maximum absolute atomic E-state index is 5.59. The van der Waals surface area contributed by atoms with E-state index in [1.165, 1.54) is 24.1 Å². The van der Waals surface area contributed by atoms with Crippen LogP contribution in [0, 0.1) is 0 Å². The summed E-state index contributed by atoms with van der Waals surface area (Å²) in [5.74, 6) is 0. The number of anilines is 1. The summed E-state index contributed by atoms with van der Waals surface area (Å²) in [4.78, 5) is 2.43. The molecule has 0 aliphatic heterocycles. The van der Waals surface area contributed by atoms with Gasteiger partial charge >= 0.3 is 0 Å². The predicted molar refractivity (Wildman–Crippen MR) is 66.6 cm³/mol. The highest BCUT2D eigenvalue weighted by atomic mass is 16.5. The Labute approximate surface area is 97.2 Å². The molecule has 1 fully saturated rings. The van der Waals surface area contributed by atoms with Gasteiger partial charge in [0, 0.05) is 31.9 Å². The lowest BCUT2D eigenvalue weighted by Crippen LogP contribution is -2.29. The summed E-state index contributed by atoms with van der Waals surface area (Å²) in [5, 5.41) is 0. The molecule has 1 aromatic carbocycles. The molecule has 0 radical (unpaired) electrons. The highest BCUT2D eigenvalue weighted by molar-refractivity contribution is 5.49. The molecule has 3 nitrogen and oxygen atoms in total. The van der Waals surface area contributed by atoms with Crippen molar-refractivity contribution < 1.29 is 4.74 Å². The maximum atomic E-state index is 5.59. The number of nitrogens with two attached hydrogens (primary N) is 1. The molecular formula is C13H20N2O. The number of methoxy groups -OCH3 is 1. The zero-order valence-electron chi connectivity index (χ0n) is 9.86. The molecule has 16 heavy (non-hydrogen) atoms. The van der Waals surface area contributed by atoms with Crippen molar-refractivity contribution in [3.63, 3.8) is 0 Å². The van der Waals surface area contributed by atoms with Gasteiger partial charge in [-0.3, -0.25) is 0 Å². The minimum absolute atomic E-state index is 0.613. The van der Waals surface area contributed by atoms with Gasteiger partial charge in [0.05, 0.1) is 6.61 Å². The summed E-state index contributed by atoms with van der Waals surface area (Å²) in [5.41, 5.74) is 8.07. The smallest absolute Gasteiger partial charge is 0.0637 e. The maximum Gasteiger partial charge on any atom is 0.0637 e. The summed E-state index contributed by atoms with van der Waals surface area (Å²) in [6, 6.07) is 9.26. The number of benzene rings is 1. The number of nitrogens with zero attached hydrogens (tertiary/aromatic N) is 1. The molecule has 2 N–H and O–H groups in total. The van der Waals surface area contributed by atoms with Crippen molar-refractivity contribution in [2.24, 2.45) is 5.73 Å².